The van der Waals surface area contributed by atoms with E-state index < -0.39 is 0 Å². The maximum absolute atomic E-state index is 3.84. The van der Waals surface area contributed by atoms with Crippen LogP contribution in [0.1, 0.15) is 108 Å². The van der Waals surface area contributed by atoms with E-state index in [1.54, 1.807) is 20.9 Å². The van der Waals surface area contributed by atoms with Crippen LogP contribution in [0.15, 0.2) is 35.5 Å². The number of unbranched alkanes of at least 4 members (excludes halogenated alkanes) is 7. The molecule has 2 aromatic rings. The van der Waals surface area contributed by atoms with E-state index in [9.17, 15) is 0 Å². The lowest BCUT2D eigenvalue weighted by molar-refractivity contribution is 0.311. The van der Waals surface area contributed by atoms with Crippen LogP contribution in [0.3, 0.4) is 0 Å². The van der Waals surface area contributed by atoms with Crippen LogP contribution in [0.2, 0.25) is 0 Å². The Kier molecular flexibility index (Phi) is 9.06. The van der Waals surface area contributed by atoms with Crippen LogP contribution in [0.25, 0.3) is 9.75 Å². The van der Waals surface area contributed by atoms with Gasteiger partial charge in [0.05, 0.1) is 0 Å². The maximum atomic E-state index is 3.84. The maximum Gasteiger partial charge on any atom is 0.0486 e. The van der Waals surface area contributed by atoms with Crippen molar-refractivity contribution in [1.29, 1.82) is 0 Å². The lowest BCUT2D eigenvalue weighted by atomic mass is 9.68. The molecule has 1 aliphatic rings. The van der Waals surface area contributed by atoms with Crippen molar-refractivity contribution in [3.8, 4) is 9.75 Å². The number of allylic oxidation sites excluding steroid dienone is 1. The monoisotopic (exact) mass is 428 g/mol. The third-order valence-electron chi connectivity index (χ3n) is 7.01. The highest BCUT2D eigenvalue weighted by Crippen LogP contribution is 2.58. The molecule has 0 fully saturated rings. The van der Waals surface area contributed by atoms with E-state index in [4.69, 9.17) is 0 Å². The first-order chi connectivity index (χ1) is 14.3. The topological polar surface area (TPSA) is 0 Å². The van der Waals surface area contributed by atoms with Gasteiger partial charge in [0.1, 0.15) is 0 Å². The molecule has 0 aliphatic heterocycles. The van der Waals surface area contributed by atoms with Crippen LogP contribution < -0.4 is 0 Å². The van der Waals surface area contributed by atoms with Gasteiger partial charge in [-0.25, -0.2) is 0 Å². The van der Waals surface area contributed by atoms with Gasteiger partial charge < -0.3 is 0 Å². The van der Waals surface area contributed by atoms with Gasteiger partial charge in [-0.05, 0) is 65.6 Å². The van der Waals surface area contributed by atoms with E-state index in [0.717, 1.165) is 5.92 Å². The molecule has 0 spiro atoms. The van der Waals surface area contributed by atoms with Gasteiger partial charge in [0.25, 0.3) is 0 Å². The quantitative estimate of drug-likeness (QED) is 0.195. The van der Waals surface area contributed by atoms with Crippen molar-refractivity contribution in [1.82, 2.24) is 0 Å². The van der Waals surface area contributed by atoms with Gasteiger partial charge in [0, 0.05) is 15.2 Å². The third kappa shape index (κ3) is 5.25. The molecule has 160 valence electrons. The predicted octanol–water partition coefficient (Wildman–Crippen LogP) is 9.99. The van der Waals surface area contributed by atoms with E-state index in [-0.39, 0.29) is 0 Å². The molecule has 0 nitrogen and oxygen atoms in total. The van der Waals surface area contributed by atoms with E-state index in [1.807, 2.05) is 22.7 Å². The van der Waals surface area contributed by atoms with Gasteiger partial charge in [0.15, 0.2) is 0 Å². The zero-order chi connectivity index (χ0) is 20.5. The van der Waals surface area contributed by atoms with Crippen molar-refractivity contribution in [2.75, 3.05) is 0 Å². The van der Waals surface area contributed by atoms with Crippen molar-refractivity contribution in [2.24, 2.45) is 5.92 Å². The van der Waals surface area contributed by atoms with E-state index in [2.05, 4.69) is 49.4 Å². The molecule has 29 heavy (non-hydrogen) atoms. The second-order valence-corrected chi connectivity index (χ2v) is 10.8. The molecule has 0 radical (unpaired) electrons. The summed E-state index contributed by atoms with van der Waals surface area (Å²) >= 11 is 3.94. The number of fused-ring (bicyclic) bond motifs is 3. The van der Waals surface area contributed by atoms with Crippen molar-refractivity contribution in [2.45, 2.75) is 103 Å². The van der Waals surface area contributed by atoms with Crippen LogP contribution >= 0.6 is 22.7 Å². The van der Waals surface area contributed by atoms with Crippen LogP contribution in [0.5, 0.6) is 0 Å². The average molecular weight is 429 g/mol. The van der Waals surface area contributed by atoms with Gasteiger partial charge in [-0.1, -0.05) is 77.7 Å². The minimum absolute atomic E-state index is 0.294. The second-order valence-electron chi connectivity index (χ2n) is 8.98. The minimum Gasteiger partial charge on any atom is -0.143 e. The summed E-state index contributed by atoms with van der Waals surface area (Å²) in [5.41, 5.74) is 3.64. The Morgan fingerprint density at radius 3 is 2.10 bits per heavy atom. The first kappa shape index (κ1) is 22.8. The Morgan fingerprint density at radius 1 is 0.897 bits per heavy atom. The summed E-state index contributed by atoms with van der Waals surface area (Å²) in [7, 11) is 0. The fourth-order valence-electron chi connectivity index (χ4n) is 5.32. The zero-order valence-electron chi connectivity index (χ0n) is 18.7. The van der Waals surface area contributed by atoms with Gasteiger partial charge in [-0.2, -0.15) is 0 Å². The molecule has 1 atom stereocenters. The largest absolute Gasteiger partial charge is 0.143 e. The number of rotatable bonds is 15. The Bertz CT molecular complexity index is 695. The predicted molar refractivity (Wildman–Crippen MR) is 133 cm³/mol. The summed E-state index contributed by atoms with van der Waals surface area (Å²) in [4.78, 5) is 3.18. The first-order valence-electron chi connectivity index (χ1n) is 12.0. The van der Waals surface area contributed by atoms with E-state index in [1.165, 1.54) is 83.5 Å². The van der Waals surface area contributed by atoms with Crippen molar-refractivity contribution >= 4 is 22.7 Å². The highest BCUT2D eigenvalue weighted by atomic mass is 32.1. The average Bonchev–Trinajstić information content (AvgIpc) is 3.44. The Labute approximate surface area is 187 Å². The van der Waals surface area contributed by atoms with Crippen LogP contribution in [0.4, 0.5) is 0 Å². The Morgan fingerprint density at radius 2 is 1.52 bits per heavy atom. The molecule has 0 amide bonds. The number of hydrogen-bond acceptors (Lipinski definition) is 2. The normalized spacial score (nSPS) is 15.2. The molecule has 2 heterocycles. The first-order valence-corrected chi connectivity index (χ1v) is 13.8. The van der Waals surface area contributed by atoms with Crippen LogP contribution in [0, 0.1) is 5.92 Å². The molecule has 2 heteroatoms. The molecule has 3 rings (SSSR count). The fraction of sp³-hybridized carbons (Fsp3) is 0.630. The van der Waals surface area contributed by atoms with Gasteiger partial charge in [-0.15, -0.1) is 29.3 Å². The standard InChI is InChI=1S/C27H40S2/c1-4-7-9-10-11-12-13-14-18-27(21-22(6-3)15-8-5-2)23-16-19-28-25(23)26-24(27)17-20-29-26/h4,16-17,19-20,22H,1,5-15,18,21H2,2-3H3. The van der Waals surface area contributed by atoms with Gasteiger partial charge in [-0.3, -0.25) is 0 Å². The lowest BCUT2D eigenvalue weighted by Gasteiger charge is -2.35. The number of thiophene rings is 2. The summed E-state index contributed by atoms with van der Waals surface area (Å²) in [5, 5.41) is 4.68. The van der Waals surface area contributed by atoms with Gasteiger partial charge >= 0.3 is 0 Å². The highest BCUT2D eigenvalue weighted by Gasteiger charge is 2.45. The fourth-order valence-corrected chi connectivity index (χ4v) is 7.50. The summed E-state index contributed by atoms with van der Waals surface area (Å²) in [5.74, 6) is 0.854. The SMILES string of the molecule is C=CCCCCCCCCC1(CC(CC)CCCC)c2ccsc2-c2sccc21. The molecule has 0 N–H and O–H groups in total. The molecule has 2 aromatic heterocycles. The highest BCUT2D eigenvalue weighted by molar-refractivity contribution is 7.21. The molecule has 0 bridgehead atoms. The van der Waals surface area contributed by atoms with Gasteiger partial charge in [0.2, 0.25) is 0 Å². The lowest BCUT2D eigenvalue weighted by Crippen LogP contribution is -2.28. The molecule has 1 aliphatic carbocycles. The van der Waals surface area contributed by atoms with Crippen LogP contribution in [-0.2, 0) is 5.41 Å². The zero-order valence-corrected chi connectivity index (χ0v) is 20.3. The Hall–Kier alpha value is -0.860. The molecular weight excluding hydrogens is 388 g/mol. The summed E-state index contributed by atoms with van der Waals surface area (Å²) in [6, 6.07) is 4.93. The number of hydrogen-bond donors (Lipinski definition) is 0. The molecule has 0 saturated heterocycles. The van der Waals surface area contributed by atoms with Crippen molar-refractivity contribution < 1.29 is 0 Å². The molecule has 0 aromatic carbocycles. The van der Waals surface area contributed by atoms with Crippen LogP contribution in [-0.4, -0.2) is 0 Å². The van der Waals surface area contributed by atoms with E-state index in [0.29, 0.717) is 5.41 Å². The van der Waals surface area contributed by atoms with Crippen molar-refractivity contribution in [3.05, 3.63) is 46.7 Å². The summed E-state index contributed by atoms with van der Waals surface area (Å²) in [6.07, 6.45) is 19.6. The second kappa shape index (κ2) is 11.5. The molecule has 0 saturated carbocycles. The minimum atomic E-state index is 0.294. The summed E-state index contributed by atoms with van der Waals surface area (Å²) < 4.78 is 0. The third-order valence-corrected chi connectivity index (χ3v) is 9.00. The van der Waals surface area contributed by atoms with Crippen molar-refractivity contribution in [3.63, 3.8) is 0 Å². The molecule has 1 unspecified atom stereocenters. The summed E-state index contributed by atoms with van der Waals surface area (Å²) in [6.45, 7) is 8.58. The smallest absolute Gasteiger partial charge is 0.0486 e. The molecular formula is C27H40S2. The Balaban J connectivity index is 1.70. The van der Waals surface area contributed by atoms with E-state index >= 15 is 0 Å².